The van der Waals surface area contributed by atoms with Crippen LogP contribution in [0.3, 0.4) is 0 Å². The van der Waals surface area contributed by atoms with Gasteiger partial charge in [0.25, 0.3) is 0 Å². The summed E-state index contributed by atoms with van der Waals surface area (Å²) >= 11 is 12.5. The van der Waals surface area contributed by atoms with Gasteiger partial charge in [0.15, 0.2) is 0 Å². The maximum absolute atomic E-state index is 6.35. The van der Waals surface area contributed by atoms with Crippen molar-refractivity contribution in [3.8, 4) is 5.75 Å². The van der Waals surface area contributed by atoms with Gasteiger partial charge in [-0.25, -0.2) is 0 Å². The highest BCUT2D eigenvalue weighted by molar-refractivity contribution is 6.42. The number of benzene rings is 1. The third-order valence-corrected chi connectivity index (χ3v) is 3.91. The number of nitrogens with zero attached hydrogens (tertiary/aromatic N) is 1. The van der Waals surface area contributed by atoms with E-state index >= 15 is 0 Å². The molecule has 0 radical (unpaired) electrons. The zero-order valence-corrected chi connectivity index (χ0v) is 13.6. The number of hydrogen-bond acceptors (Lipinski definition) is 3. The fourth-order valence-electron chi connectivity index (χ4n) is 2.19. The van der Waals surface area contributed by atoms with Crippen LogP contribution in [0.4, 0.5) is 0 Å². The molecule has 1 aromatic heterocycles. The van der Waals surface area contributed by atoms with Crippen molar-refractivity contribution in [3.05, 3.63) is 57.8 Å². The lowest BCUT2D eigenvalue weighted by Gasteiger charge is -2.20. The van der Waals surface area contributed by atoms with Crippen molar-refractivity contribution in [3.63, 3.8) is 0 Å². The predicted octanol–water partition coefficient (Wildman–Crippen LogP) is 4.49. The van der Waals surface area contributed by atoms with Gasteiger partial charge in [-0.15, -0.1) is 0 Å². The van der Waals surface area contributed by atoms with Crippen LogP contribution in [-0.2, 0) is 0 Å². The summed E-state index contributed by atoms with van der Waals surface area (Å²) in [5.74, 6) is 0.746. The molecular weight excluding hydrogens is 307 g/mol. The molecule has 1 aromatic carbocycles. The predicted molar refractivity (Wildman–Crippen MR) is 87.4 cm³/mol. The topological polar surface area (TPSA) is 34.2 Å². The van der Waals surface area contributed by atoms with Gasteiger partial charge in [0, 0.05) is 6.20 Å². The Labute approximate surface area is 135 Å². The van der Waals surface area contributed by atoms with Gasteiger partial charge in [0.05, 0.1) is 28.9 Å². The first-order valence-electron chi connectivity index (χ1n) is 6.92. The van der Waals surface area contributed by atoms with Crippen molar-refractivity contribution in [2.75, 3.05) is 13.2 Å². The molecule has 21 heavy (non-hydrogen) atoms. The summed E-state index contributed by atoms with van der Waals surface area (Å²) in [4.78, 5) is 4.24. The zero-order valence-electron chi connectivity index (χ0n) is 12.1. The number of nitrogens with one attached hydrogen (secondary N) is 1. The van der Waals surface area contributed by atoms with E-state index < -0.39 is 0 Å². The first kappa shape index (κ1) is 16.1. The molecule has 3 nitrogen and oxygen atoms in total. The van der Waals surface area contributed by atoms with E-state index in [4.69, 9.17) is 27.9 Å². The van der Waals surface area contributed by atoms with Crippen LogP contribution in [-0.4, -0.2) is 18.1 Å². The molecule has 2 aromatic rings. The number of ether oxygens (including phenoxy) is 1. The zero-order chi connectivity index (χ0) is 15.2. The first-order valence-corrected chi connectivity index (χ1v) is 7.68. The van der Waals surface area contributed by atoms with Gasteiger partial charge < -0.3 is 10.1 Å². The van der Waals surface area contributed by atoms with Gasteiger partial charge in [0.2, 0.25) is 0 Å². The Morgan fingerprint density at radius 2 is 2.05 bits per heavy atom. The molecule has 0 saturated heterocycles. The van der Waals surface area contributed by atoms with Crippen molar-refractivity contribution in [1.82, 2.24) is 10.3 Å². The van der Waals surface area contributed by atoms with Crippen LogP contribution in [0.1, 0.15) is 31.0 Å². The van der Waals surface area contributed by atoms with Crippen LogP contribution in [0.2, 0.25) is 10.0 Å². The van der Waals surface area contributed by atoms with Crippen molar-refractivity contribution in [1.29, 1.82) is 0 Å². The van der Waals surface area contributed by atoms with Crippen LogP contribution in [0.15, 0.2) is 36.7 Å². The summed E-state index contributed by atoms with van der Waals surface area (Å²) in [7, 11) is 0. The second-order valence-electron chi connectivity index (χ2n) is 4.52. The van der Waals surface area contributed by atoms with Crippen molar-refractivity contribution >= 4 is 23.2 Å². The van der Waals surface area contributed by atoms with E-state index in [1.807, 2.05) is 38.2 Å². The Morgan fingerprint density at radius 3 is 2.76 bits per heavy atom. The standard InChI is InChI=1S/C16H18Cl2N2O/c1-3-20-16(13-6-5-7-14(17)15(13)18)11-8-12(21-4-2)10-19-9-11/h5-10,16,20H,3-4H2,1-2H3. The van der Waals surface area contributed by atoms with Crippen molar-refractivity contribution < 1.29 is 4.74 Å². The second-order valence-corrected chi connectivity index (χ2v) is 5.31. The van der Waals surface area contributed by atoms with Crippen LogP contribution >= 0.6 is 23.2 Å². The van der Waals surface area contributed by atoms with Gasteiger partial charge in [-0.2, -0.15) is 0 Å². The molecule has 1 atom stereocenters. The van der Waals surface area contributed by atoms with E-state index in [1.165, 1.54) is 0 Å². The lowest BCUT2D eigenvalue weighted by atomic mass is 10.00. The lowest BCUT2D eigenvalue weighted by molar-refractivity contribution is 0.338. The van der Waals surface area contributed by atoms with E-state index in [9.17, 15) is 0 Å². The summed E-state index contributed by atoms with van der Waals surface area (Å²) < 4.78 is 5.52. The SMILES string of the molecule is CCNC(c1cncc(OCC)c1)c1cccc(Cl)c1Cl. The number of aromatic nitrogens is 1. The average Bonchev–Trinajstić information content (AvgIpc) is 2.49. The maximum atomic E-state index is 6.35. The molecule has 0 bridgehead atoms. The molecule has 1 unspecified atom stereocenters. The van der Waals surface area contributed by atoms with Gasteiger partial charge in [0.1, 0.15) is 5.75 Å². The minimum absolute atomic E-state index is 0.0749. The fraction of sp³-hybridized carbons (Fsp3) is 0.312. The third kappa shape index (κ3) is 3.88. The van der Waals surface area contributed by atoms with E-state index in [2.05, 4.69) is 10.3 Å². The molecule has 0 amide bonds. The smallest absolute Gasteiger partial charge is 0.137 e. The van der Waals surface area contributed by atoms with Crippen molar-refractivity contribution in [2.45, 2.75) is 19.9 Å². The number of rotatable bonds is 6. The van der Waals surface area contributed by atoms with Crippen LogP contribution in [0.5, 0.6) is 5.75 Å². The maximum Gasteiger partial charge on any atom is 0.137 e. The lowest BCUT2D eigenvalue weighted by Crippen LogP contribution is -2.22. The minimum Gasteiger partial charge on any atom is -0.492 e. The highest BCUT2D eigenvalue weighted by Gasteiger charge is 2.18. The molecule has 112 valence electrons. The summed E-state index contributed by atoms with van der Waals surface area (Å²) in [6, 6.07) is 7.55. The van der Waals surface area contributed by atoms with Gasteiger partial charge >= 0.3 is 0 Å². The largest absolute Gasteiger partial charge is 0.492 e. The monoisotopic (exact) mass is 324 g/mol. The molecule has 1 heterocycles. The summed E-state index contributed by atoms with van der Waals surface area (Å²) in [5, 5.41) is 4.52. The Balaban J connectivity index is 2.43. The molecule has 2 rings (SSSR count). The summed E-state index contributed by atoms with van der Waals surface area (Å²) in [6.45, 7) is 5.40. The summed E-state index contributed by atoms with van der Waals surface area (Å²) in [5.41, 5.74) is 1.92. The van der Waals surface area contributed by atoms with E-state index in [0.29, 0.717) is 16.7 Å². The molecule has 1 N–H and O–H groups in total. The molecule has 0 aliphatic carbocycles. The quantitative estimate of drug-likeness (QED) is 0.850. The van der Waals surface area contributed by atoms with Gasteiger partial charge in [-0.05, 0) is 36.7 Å². The Hall–Kier alpha value is -1.29. The van der Waals surface area contributed by atoms with E-state index in [-0.39, 0.29) is 6.04 Å². The Bertz CT molecular complexity index is 605. The fourth-order valence-corrected chi connectivity index (χ4v) is 2.61. The van der Waals surface area contributed by atoms with Gasteiger partial charge in [-0.1, -0.05) is 42.3 Å². The Kier molecular flexibility index (Phi) is 5.85. The highest BCUT2D eigenvalue weighted by Crippen LogP contribution is 2.33. The van der Waals surface area contributed by atoms with Crippen LogP contribution in [0, 0.1) is 0 Å². The summed E-state index contributed by atoms with van der Waals surface area (Å²) in [6.07, 6.45) is 3.52. The normalized spacial score (nSPS) is 12.2. The minimum atomic E-state index is -0.0749. The first-order chi connectivity index (χ1) is 10.2. The van der Waals surface area contributed by atoms with Gasteiger partial charge in [-0.3, -0.25) is 4.98 Å². The van der Waals surface area contributed by atoms with E-state index in [0.717, 1.165) is 23.4 Å². The molecule has 0 aliphatic rings. The average molecular weight is 325 g/mol. The van der Waals surface area contributed by atoms with Crippen molar-refractivity contribution in [2.24, 2.45) is 0 Å². The third-order valence-electron chi connectivity index (χ3n) is 3.08. The number of hydrogen-bond donors (Lipinski definition) is 1. The van der Waals surface area contributed by atoms with Crippen LogP contribution in [0.25, 0.3) is 0 Å². The molecule has 0 spiro atoms. The van der Waals surface area contributed by atoms with Crippen LogP contribution < -0.4 is 10.1 Å². The Morgan fingerprint density at radius 1 is 1.24 bits per heavy atom. The molecule has 0 aliphatic heterocycles. The number of pyridine rings is 1. The highest BCUT2D eigenvalue weighted by atomic mass is 35.5. The molecular formula is C16H18Cl2N2O. The number of halogens is 2. The molecule has 0 fully saturated rings. The second kappa shape index (κ2) is 7.64. The molecule has 0 saturated carbocycles. The van der Waals surface area contributed by atoms with E-state index in [1.54, 1.807) is 12.3 Å². The molecule has 5 heteroatoms.